The van der Waals surface area contributed by atoms with Gasteiger partial charge in [-0.2, -0.15) is 0 Å². The number of benzene rings is 1. The molecule has 0 saturated carbocycles. The molecule has 0 unspecified atom stereocenters. The molecule has 0 atom stereocenters. The molecule has 80 valence electrons. The van der Waals surface area contributed by atoms with Gasteiger partial charge in [-0.15, -0.1) is 0 Å². The number of carbonyl (C=O) groups is 1. The van der Waals surface area contributed by atoms with E-state index in [9.17, 15) is 4.79 Å². The van der Waals surface area contributed by atoms with Gasteiger partial charge in [-0.3, -0.25) is 0 Å². The fourth-order valence-electron chi connectivity index (χ4n) is 2.69. The Morgan fingerprint density at radius 3 is 2.33 bits per heavy atom. The van der Waals surface area contributed by atoms with Crippen LogP contribution in [-0.4, -0.2) is 17.9 Å². The Balaban J connectivity index is 2.27. The van der Waals surface area contributed by atoms with Crippen molar-refractivity contribution in [1.82, 2.24) is 0 Å². The molecule has 1 fully saturated rings. The third kappa shape index (κ3) is 2.03. The molecule has 1 saturated heterocycles. The van der Waals surface area contributed by atoms with E-state index >= 15 is 0 Å². The summed E-state index contributed by atoms with van der Waals surface area (Å²) in [6.45, 7) is 2.23. The first kappa shape index (κ1) is 10.9. The summed E-state index contributed by atoms with van der Waals surface area (Å²) in [7, 11) is 0. The van der Waals surface area contributed by atoms with Crippen LogP contribution in [0.4, 0.5) is 0 Å². The summed E-state index contributed by atoms with van der Waals surface area (Å²) in [5.74, 6) is 0. The van der Waals surface area contributed by atoms with Gasteiger partial charge in [-0.1, -0.05) is 0 Å². The summed E-state index contributed by atoms with van der Waals surface area (Å²) in [4.78, 5) is 12.5. The van der Waals surface area contributed by atoms with E-state index < -0.39 is 13.3 Å². The quantitative estimate of drug-likeness (QED) is 0.760. The van der Waals surface area contributed by atoms with E-state index in [0.717, 1.165) is 5.56 Å². The molecule has 1 aliphatic heterocycles. The molecular weight excluding hydrogens is 245 g/mol. The van der Waals surface area contributed by atoms with Crippen LogP contribution < -0.4 is 0 Å². The average Bonchev–Trinajstić information content (AvgIpc) is 2.79. The molecule has 1 aromatic rings. The van der Waals surface area contributed by atoms with E-state index in [-0.39, 0.29) is 0 Å². The van der Waals surface area contributed by atoms with Crippen LogP contribution in [0.5, 0.6) is 0 Å². The maximum absolute atomic E-state index is 12.5. The van der Waals surface area contributed by atoms with E-state index in [1.54, 1.807) is 0 Å². The average molecular weight is 263 g/mol. The van der Waals surface area contributed by atoms with Crippen LogP contribution in [0.2, 0.25) is 15.8 Å². The molecule has 0 aliphatic carbocycles. The van der Waals surface area contributed by atoms with Gasteiger partial charge in [0, 0.05) is 0 Å². The van der Waals surface area contributed by atoms with Crippen molar-refractivity contribution in [1.29, 1.82) is 0 Å². The molecule has 0 N–H and O–H groups in total. The van der Waals surface area contributed by atoms with Gasteiger partial charge >= 0.3 is 94.1 Å². The van der Waals surface area contributed by atoms with Gasteiger partial charge in [0.1, 0.15) is 0 Å². The van der Waals surface area contributed by atoms with Crippen LogP contribution >= 0.6 is 0 Å². The van der Waals surface area contributed by atoms with E-state index in [0.29, 0.717) is 4.62 Å². The molecule has 1 aromatic carbocycles. The molecule has 0 amide bonds. The molecule has 2 rings (SSSR count). The second kappa shape index (κ2) is 4.52. The predicted octanol–water partition coefficient (Wildman–Crippen LogP) is 3.67. The van der Waals surface area contributed by atoms with Gasteiger partial charge in [0.05, 0.1) is 0 Å². The molecule has 1 aliphatic rings. The third-order valence-electron chi connectivity index (χ3n) is 3.76. The van der Waals surface area contributed by atoms with Crippen molar-refractivity contribution < 1.29 is 4.79 Å². The maximum atomic E-state index is 12.5. The van der Waals surface area contributed by atoms with Crippen molar-refractivity contribution in [2.45, 2.75) is 35.5 Å². The zero-order valence-corrected chi connectivity index (χ0v) is 11.4. The third-order valence-corrected chi connectivity index (χ3v) is 14.7. The van der Waals surface area contributed by atoms with Crippen LogP contribution in [0, 0.1) is 0 Å². The number of hydrogen-bond donors (Lipinski definition) is 0. The molecular formula is C13H18GeO. The van der Waals surface area contributed by atoms with Gasteiger partial charge < -0.3 is 0 Å². The predicted molar refractivity (Wildman–Crippen MR) is 65.9 cm³/mol. The number of hydrogen-bond acceptors (Lipinski definition) is 1. The Morgan fingerprint density at radius 2 is 1.80 bits per heavy atom. The number of rotatable bonds is 3. The van der Waals surface area contributed by atoms with Gasteiger partial charge in [-0.05, 0) is 0 Å². The Morgan fingerprint density at radius 1 is 1.20 bits per heavy atom. The summed E-state index contributed by atoms with van der Waals surface area (Å²) in [5.41, 5.74) is 0.973. The Hall–Kier alpha value is -0.567. The van der Waals surface area contributed by atoms with E-state index in [4.69, 9.17) is 0 Å². The van der Waals surface area contributed by atoms with Crippen molar-refractivity contribution in [3.63, 3.8) is 0 Å². The second-order valence-corrected chi connectivity index (χ2v) is 14.4. The van der Waals surface area contributed by atoms with Gasteiger partial charge in [0.25, 0.3) is 0 Å². The summed E-state index contributed by atoms with van der Waals surface area (Å²) in [6, 6.07) is 9.92. The molecule has 0 aromatic heterocycles. The Kier molecular flexibility index (Phi) is 3.29. The fourth-order valence-corrected chi connectivity index (χ4v) is 11.8. The topological polar surface area (TPSA) is 17.1 Å². The van der Waals surface area contributed by atoms with Crippen molar-refractivity contribution in [3.8, 4) is 0 Å². The Bertz CT molecular complexity index is 339. The van der Waals surface area contributed by atoms with Crippen LogP contribution in [0.3, 0.4) is 0 Å². The van der Waals surface area contributed by atoms with Gasteiger partial charge in [0.2, 0.25) is 0 Å². The molecule has 0 spiro atoms. The summed E-state index contributed by atoms with van der Waals surface area (Å²) >= 11 is -2.13. The number of carbonyl (C=O) groups excluding carboxylic acids is 1. The molecule has 0 bridgehead atoms. The zero-order valence-electron chi connectivity index (χ0n) is 9.33. The van der Waals surface area contributed by atoms with Crippen LogP contribution in [0.1, 0.15) is 30.1 Å². The van der Waals surface area contributed by atoms with E-state index in [1.807, 2.05) is 30.3 Å². The normalized spacial score (nSPS) is 19.0. The van der Waals surface area contributed by atoms with Crippen molar-refractivity contribution in [3.05, 3.63) is 35.9 Å². The van der Waals surface area contributed by atoms with Gasteiger partial charge in [-0.25, -0.2) is 0 Å². The van der Waals surface area contributed by atoms with E-state index in [2.05, 4.69) is 6.92 Å². The fraction of sp³-hybridized carbons (Fsp3) is 0.462. The summed E-state index contributed by atoms with van der Waals surface area (Å²) in [6.07, 6.45) is 2.60. The van der Waals surface area contributed by atoms with Gasteiger partial charge in [0.15, 0.2) is 0 Å². The second-order valence-electron chi connectivity index (χ2n) is 4.54. The molecule has 2 heteroatoms. The minimum atomic E-state index is -2.13. The van der Waals surface area contributed by atoms with Crippen molar-refractivity contribution in [2.24, 2.45) is 0 Å². The van der Waals surface area contributed by atoms with Crippen molar-refractivity contribution >= 4 is 17.9 Å². The molecule has 0 radical (unpaired) electrons. The van der Waals surface area contributed by atoms with Crippen LogP contribution in [0.25, 0.3) is 0 Å². The first-order chi connectivity index (χ1) is 7.28. The first-order valence-electron chi connectivity index (χ1n) is 5.88. The Labute approximate surface area is 94.2 Å². The summed E-state index contributed by atoms with van der Waals surface area (Å²) < 4.78 is 0.551. The standard InChI is InChI=1S/C13H18GeO/c1-2-14(10-6-7-11-14)13(15)12-8-4-3-5-9-12/h3-5,8-9H,2,6-7,10-11H2,1H3. The monoisotopic (exact) mass is 264 g/mol. The van der Waals surface area contributed by atoms with Crippen LogP contribution in [-0.2, 0) is 0 Å². The molecule has 15 heavy (non-hydrogen) atoms. The minimum absolute atomic E-state index is 0.551. The van der Waals surface area contributed by atoms with E-state index in [1.165, 1.54) is 28.6 Å². The van der Waals surface area contributed by atoms with Crippen LogP contribution in [0.15, 0.2) is 30.3 Å². The molecule has 1 heterocycles. The first-order valence-corrected chi connectivity index (χ1v) is 11.4. The molecule has 1 nitrogen and oxygen atoms in total. The van der Waals surface area contributed by atoms with Crippen molar-refractivity contribution in [2.75, 3.05) is 0 Å². The SMILES string of the molecule is C[CH2][Ge]1([C](=O)c2ccccc2)[CH2]CC[CH2]1. The zero-order chi connectivity index (χ0) is 10.7. The summed E-state index contributed by atoms with van der Waals surface area (Å²) in [5, 5.41) is 3.71.